The average Bonchev–Trinajstić information content (AvgIpc) is 2.56. The minimum atomic E-state index is -3.99. The molecule has 1 saturated heterocycles. The Labute approximate surface area is 134 Å². The molecule has 0 saturated carbocycles. The lowest BCUT2D eigenvalue weighted by atomic mass is 10.2. The van der Waals surface area contributed by atoms with Gasteiger partial charge in [-0.05, 0) is 24.3 Å². The molecule has 0 aliphatic carbocycles. The highest BCUT2D eigenvalue weighted by atomic mass is 32.2. The van der Waals surface area contributed by atoms with Crippen LogP contribution in [0, 0.1) is 5.82 Å². The number of rotatable bonds is 4. The van der Waals surface area contributed by atoms with Gasteiger partial charge in [0.25, 0.3) is 10.0 Å². The molecule has 0 aromatic heterocycles. The van der Waals surface area contributed by atoms with E-state index in [4.69, 9.17) is 4.74 Å². The maximum Gasteiger partial charge on any atom is 0.264 e. The standard InChI is InChI=1S/C16H17FN2O3S/c17-13-5-1-4-8-16(13)23(20,21)18-14-6-2-3-7-15(14)19-9-11-22-12-10-19/h1-8,18H,9-12H2. The van der Waals surface area contributed by atoms with E-state index in [-0.39, 0.29) is 4.90 Å². The summed E-state index contributed by atoms with van der Waals surface area (Å²) in [6.45, 7) is 2.54. The molecule has 1 aliphatic rings. The molecule has 0 bridgehead atoms. The van der Waals surface area contributed by atoms with Crippen LogP contribution in [0.1, 0.15) is 0 Å². The maximum atomic E-state index is 13.8. The van der Waals surface area contributed by atoms with Crippen molar-refractivity contribution < 1.29 is 17.5 Å². The monoisotopic (exact) mass is 336 g/mol. The molecule has 2 aromatic carbocycles. The van der Waals surface area contributed by atoms with Crippen molar-refractivity contribution in [2.24, 2.45) is 0 Å². The van der Waals surface area contributed by atoms with Crippen molar-refractivity contribution in [1.29, 1.82) is 0 Å². The van der Waals surface area contributed by atoms with Gasteiger partial charge in [0.05, 0.1) is 24.6 Å². The van der Waals surface area contributed by atoms with E-state index in [9.17, 15) is 12.8 Å². The molecule has 3 rings (SSSR count). The van der Waals surface area contributed by atoms with Crippen LogP contribution in [0.3, 0.4) is 0 Å². The Morgan fingerprint density at radius 3 is 2.39 bits per heavy atom. The maximum absolute atomic E-state index is 13.8. The average molecular weight is 336 g/mol. The summed E-state index contributed by atoms with van der Waals surface area (Å²) < 4.78 is 46.5. The number of benzene rings is 2. The quantitative estimate of drug-likeness (QED) is 0.932. The molecular weight excluding hydrogens is 319 g/mol. The summed E-state index contributed by atoms with van der Waals surface area (Å²) in [6.07, 6.45) is 0. The second-order valence-corrected chi connectivity index (χ2v) is 6.80. The lowest BCUT2D eigenvalue weighted by molar-refractivity contribution is 0.123. The van der Waals surface area contributed by atoms with Gasteiger partial charge in [0.15, 0.2) is 0 Å². The van der Waals surface area contributed by atoms with Crippen LogP contribution in [-0.4, -0.2) is 34.7 Å². The Balaban J connectivity index is 1.92. The van der Waals surface area contributed by atoms with Crippen molar-refractivity contribution in [3.8, 4) is 0 Å². The number of nitrogens with zero attached hydrogens (tertiary/aromatic N) is 1. The summed E-state index contributed by atoms with van der Waals surface area (Å²) in [5.74, 6) is -0.774. The number of para-hydroxylation sites is 2. The van der Waals surface area contributed by atoms with Crippen LogP contribution in [0.2, 0.25) is 0 Å². The van der Waals surface area contributed by atoms with E-state index >= 15 is 0 Å². The van der Waals surface area contributed by atoms with E-state index in [2.05, 4.69) is 4.72 Å². The van der Waals surface area contributed by atoms with Gasteiger partial charge < -0.3 is 9.64 Å². The highest BCUT2D eigenvalue weighted by molar-refractivity contribution is 7.92. The third-order valence-corrected chi connectivity index (χ3v) is 5.03. The number of halogens is 1. The molecule has 0 atom stereocenters. The Kier molecular flexibility index (Phi) is 4.49. The number of morpholine rings is 1. The summed E-state index contributed by atoms with van der Waals surface area (Å²) in [4.78, 5) is 1.68. The zero-order chi connectivity index (χ0) is 16.3. The fourth-order valence-electron chi connectivity index (χ4n) is 2.50. The van der Waals surface area contributed by atoms with Crippen LogP contribution >= 0.6 is 0 Å². The van der Waals surface area contributed by atoms with E-state index in [1.165, 1.54) is 18.2 Å². The lowest BCUT2D eigenvalue weighted by Gasteiger charge is -2.30. The van der Waals surface area contributed by atoms with Gasteiger partial charge in [-0.3, -0.25) is 4.72 Å². The Bertz CT molecular complexity index is 789. The Morgan fingerprint density at radius 1 is 1.00 bits per heavy atom. The predicted octanol–water partition coefficient (Wildman–Crippen LogP) is 2.46. The number of sulfonamides is 1. The van der Waals surface area contributed by atoms with Crippen molar-refractivity contribution in [3.63, 3.8) is 0 Å². The van der Waals surface area contributed by atoms with Gasteiger partial charge in [-0.25, -0.2) is 12.8 Å². The van der Waals surface area contributed by atoms with Crippen molar-refractivity contribution in [2.45, 2.75) is 4.90 Å². The zero-order valence-corrected chi connectivity index (χ0v) is 13.2. The molecule has 0 radical (unpaired) electrons. The molecule has 7 heteroatoms. The number of ether oxygens (including phenoxy) is 1. The van der Waals surface area contributed by atoms with Crippen molar-refractivity contribution in [1.82, 2.24) is 0 Å². The molecule has 1 heterocycles. The summed E-state index contributed by atoms with van der Waals surface area (Å²) in [5, 5.41) is 0. The van der Waals surface area contributed by atoms with Crippen LogP contribution in [0.25, 0.3) is 0 Å². The van der Waals surface area contributed by atoms with Crippen molar-refractivity contribution in [3.05, 3.63) is 54.3 Å². The SMILES string of the molecule is O=S(=O)(Nc1ccccc1N1CCOCC1)c1ccccc1F. The van der Waals surface area contributed by atoms with Crippen LogP contribution in [-0.2, 0) is 14.8 Å². The summed E-state index contributed by atoms with van der Waals surface area (Å²) in [6, 6.07) is 12.4. The van der Waals surface area contributed by atoms with Gasteiger partial charge in [0, 0.05) is 13.1 Å². The highest BCUT2D eigenvalue weighted by Gasteiger charge is 2.21. The van der Waals surface area contributed by atoms with E-state index in [0.29, 0.717) is 32.0 Å². The third-order valence-electron chi connectivity index (χ3n) is 3.63. The fourth-order valence-corrected chi connectivity index (χ4v) is 3.66. The number of hydrogen-bond acceptors (Lipinski definition) is 4. The first-order chi connectivity index (χ1) is 11.1. The smallest absolute Gasteiger partial charge is 0.264 e. The predicted molar refractivity (Wildman–Crippen MR) is 86.7 cm³/mol. The van der Waals surface area contributed by atoms with Crippen LogP contribution in [0.4, 0.5) is 15.8 Å². The second kappa shape index (κ2) is 6.55. The Hall–Kier alpha value is -2.12. The van der Waals surface area contributed by atoms with Crippen LogP contribution in [0.5, 0.6) is 0 Å². The molecule has 23 heavy (non-hydrogen) atoms. The van der Waals surface area contributed by atoms with E-state index in [1.807, 2.05) is 17.0 Å². The van der Waals surface area contributed by atoms with Gasteiger partial charge >= 0.3 is 0 Å². The molecule has 5 nitrogen and oxygen atoms in total. The van der Waals surface area contributed by atoms with E-state index < -0.39 is 15.8 Å². The topological polar surface area (TPSA) is 58.6 Å². The minimum absolute atomic E-state index is 0.364. The first-order valence-corrected chi connectivity index (χ1v) is 8.75. The van der Waals surface area contributed by atoms with Gasteiger partial charge in [-0.1, -0.05) is 24.3 Å². The van der Waals surface area contributed by atoms with Gasteiger partial charge in [0.1, 0.15) is 10.7 Å². The van der Waals surface area contributed by atoms with Crippen molar-refractivity contribution in [2.75, 3.05) is 35.9 Å². The first-order valence-electron chi connectivity index (χ1n) is 7.27. The van der Waals surface area contributed by atoms with Gasteiger partial charge in [0.2, 0.25) is 0 Å². The summed E-state index contributed by atoms with van der Waals surface area (Å²) in [5.41, 5.74) is 1.19. The molecule has 1 aliphatic heterocycles. The van der Waals surface area contributed by atoms with Gasteiger partial charge in [-0.15, -0.1) is 0 Å². The number of nitrogens with one attached hydrogen (secondary N) is 1. The van der Waals surface area contributed by atoms with E-state index in [1.54, 1.807) is 12.1 Å². The zero-order valence-electron chi connectivity index (χ0n) is 12.4. The molecule has 122 valence electrons. The molecule has 1 fully saturated rings. The molecule has 0 amide bonds. The summed E-state index contributed by atoms with van der Waals surface area (Å²) in [7, 11) is -3.99. The summed E-state index contributed by atoms with van der Waals surface area (Å²) >= 11 is 0. The van der Waals surface area contributed by atoms with E-state index in [0.717, 1.165) is 11.8 Å². The second-order valence-electron chi connectivity index (χ2n) is 5.15. The lowest BCUT2D eigenvalue weighted by Crippen LogP contribution is -2.36. The number of anilines is 2. The molecule has 1 N–H and O–H groups in total. The third kappa shape index (κ3) is 3.46. The normalized spacial score (nSPS) is 15.4. The molecule has 0 unspecified atom stereocenters. The highest BCUT2D eigenvalue weighted by Crippen LogP contribution is 2.29. The molecule has 2 aromatic rings. The fraction of sp³-hybridized carbons (Fsp3) is 0.250. The molecular formula is C16H17FN2O3S. The first kappa shape index (κ1) is 15.8. The minimum Gasteiger partial charge on any atom is -0.378 e. The Morgan fingerprint density at radius 2 is 1.65 bits per heavy atom. The largest absolute Gasteiger partial charge is 0.378 e. The number of hydrogen-bond donors (Lipinski definition) is 1. The van der Waals surface area contributed by atoms with Crippen LogP contribution < -0.4 is 9.62 Å². The van der Waals surface area contributed by atoms with Crippen molar-refractivity contribution >= 4 is 21.4 Å². The van der Waals surface area contributed by atoms with Gasteiger partial charge in [-0.2, -0.15) is 0 Å². The molecule has 0 spiro atoms. The van der Waals surface area contributed by atoms with Crippen LogP contribution in [0.15, 0.2) is 53.4 Å².